The number of ether oxygens (including phenoxy) is 2. The molecule has 5 aliphatic rings. The number of methoxy groups -OCH3 is 1. The Morgan fingerprint density at radius 2 is 1.49 bits per heavy atom. The second-order valence-corrected chi connectivity index (χ2v) is 29.5. The predicted molar refractivity (Wildman–Crippen MR) is 158 cm³/mol. The van der Waals surface area contributed by atoms with Gasteiger partial charge in [-0.1, -0.05) is 12.2 Å². The van der Waals surface area contributed by atoms with Gasteiger partial charge < -0.3 is 22.8 Å². The summed E-state index contributed by atoms with van der Waals surface area (Å²) >= 11 is 0. The highest BCUT2D eigenvalue weighted by molar-refractivity contribution is 6.70. The summed E-state index contributed by atoms with van der Waals surface area (Å²) < 4.78 is 33.6. The molecule has 5 rings (SSSR count). The van der Waals surface area contributed by atoms with Crippen LogP contribution < -0.4 is 0 Å². The van der Waals surface area contributed by atoms with Crippen molar-refractivity contribution < 1.29 is 32.3 Å². The Hall–Kier alpha value is -0.789. The first-order valence-corrected chi connectivity index (χ1v) is 25.0. The van der Waals surface area contributed by atoms with E-state index in [-0.39, 0.29) is 23.3 Å². The fourth-order valence-corrected chi connectivity index (χ4v) is 12.7. The van der Waals surface area contributed by atoms with Crippen molar-refractivity contribution in [3.63, 3.8) is 0 Å². The Labute approximate surface area is 238 Å². The zero-order valence-electron chi connectivity index (χ0n) is 25.9. The van der Waals surface area contributed by atoms with E-state index in [1.165, 1.54) is 12.7 Å². The van der Waals surface area contributed by atoms with E-state index in [0.717, 1.165) is 25.7 Å². The first-order valence-electron chi connectivity index (χ1n) is 14.7. The van der Waals surface area contributed by atoms with Crippen molar-refractivity contribution in [3.8, 4) is 0 Å². The summed E-state index contributed by atoms with van der Waals surface area (Å²) in [5.74, 6) is -1.05. The summed E-state index contributed by atoms with van der Waals surface area (Å²) in [6.07, 6.45) is 1.99. The van der Waals surface area contributed by atoms with Crippen LogP contribution in [-0.4, -0.2) is 67.9 Å². The molecule has 1 saturated heterocycles. The molecule has 220 valence electrons. The molecular formula is C29H50O7Si3. The van der Waals surface area contributed by atoms with E-state index in [2.05, 4.69) is 65.5 Å². The molecule has 3 unspecified atom stereocenters. The predicted octanol–water partition coefficient (Wildman–Crippen LogP) is 5.74. The van der Waals surface area contributed by atoms with Crippen LogP contribution in [0.25, 0.3) is 0 Å². The van der Waals surface area contributed by atoms with Crippen LogP contribution >= 0.6 is 0 Å². The van der Waals surface area contributed by atoms with Crippen molar-refractivity contribution in [1.29, 1.82) is 0 Å². The van der Waals surface area contributed by atoms with Crippen LogP contribution in [0.2, 0.25) is 58.9 Å². The largest absolute Gasteiger partial charge is 0.469 e. The molecular weight excluding hydrogens is 545 g/mol. The Morgan fingerprint density at radius 3 is 2.03 bits per heavy atom. The van der Waals surface area contributed by atoms with Gasteiger partial charge in [0.2, 0.25) is 0 Å². The highest BCUT2D eigenvalue weighted by Gasteiger charge is 2.88. The van der Waals surface area contributed by atoms with Gasteiger partial charge in [-0.15, -0.1) is 0 Å². The molecule has 0 aromatic carbocycles. The molecule has 1 aliphatic heterocycles. The number of carbonyl (C=O) groups excluding carboxylic acids is 2. The molecule has 0 radical (unpaired) electrons. The lowest BCUT2D eigenvalue weighted by molar-refractivity contribution is -0.203. The van der Waals surface area contributed by atoms with Crippen LogP contribution in [0, 0.1) is 34.5 Å². The van der Waals surface area contributed by atoms with E-state index < -0.39 is 66.1 Å². The molecule has 0 aromatic heterocycles. The highest BCUT2D eigenvalue weighted by atomic mass is 28.4. The molecule has 7 nitrogen and oxygen atoms in total. The molecule has 5 fully saturated rings. The maximum Gasteiger partial charge on any atom is 0.315 e. The monoisotopic (exact) mass is 594 g/mol. The van der Waals surface area contributed by atoms with Crippen LogP contribution in [0.3, 0.4) is 0 Å². The van der Waals surface area contributed by atoms with Crippen LogP contribution in [0.15, 0.2) is 12.2 Å². The van der Waals surface area contributed by atoms with Crippen molar-refractivity contribution in [2.75, 3.05) is 7.11 Å². The molecule has 0 aromatic rings. The van der Waals surface area contributed by atoms with Gasteiger partial charge in [0.05, 0.1) is 25.2 Å². The minimum atomic E-state index is -2.19. The molecule has 0 N–H and O–H groups in total. The third kappa shape index (κ3) is 4.25. The van der Waals surface area contributed by atoms with Crippen molar-refractivity contribution in [1.82, 2.24) is 0 Å². The molecule has 0 amide bonds. The quantitative estimate of drug-likeness (QED) is 0.211. The molecule has 4 aliphatic carbocycles. The minimum absolute atomic E-state index is 0.0257. The fourth-order valence-electron chi connectivity index (χ4n) is 9.38. The average molecular weight is 595 g/mol. The van der Waals surface area contributed by atoms with E-state index >= 15 is 0 Å². The molecule has 1 spiro atoms. The minimum Gasteiger partial charge on any atom is -0.469 e. The third-order valence-electron chi connectivity index (χ3n) is 10.1. The summed E-state index contributed by atoms with van der Waals surface area (Å²) in [5.41, 5.74) is -1.17. The topological polar surface area (TPSA) is 80.3 Å². The van der Waals surface area contributed by atoms with E-state index in [9.17, 15) is 9.59 Å². The molecule has 10 atom stereocenters. The second kappa shape index (κ2) is 8.86. The number of carbonyl (C=O) groups is 2. The lowest BCUT2D eigenvalue weighted by atomic mass is 9.57. The van der Waals surface area contributed by atoms with Crippen LogP contribution in [0.4, 0.5) is 0 Å². The Kier molecular flexibility index (Phi) is 6.75. The number of rotatable bonds is 7. The summed E-state index contributed by atoms with van der Waals surface area (Å²) in [5, 5.41) is 0. The van der Waals surface area contributed by atoms with Crippen LogP contribution in [-0.2, 0) is 32.3 Å². The first-order chi connectivity index (χ1) is 17.7. The maximum atomic E-state index is 14.4. The molecule has 1 heterocycles. The normalized spacial score (nSPS) is 45.2. The van der Waals surface area contributed by atoms with Gasteiger partial charge >= 0.3 is 11.9 Å². The lowest BCUT2D eigenvalue weighted by Crippen LogP contribution is -2.72. The van der Waals surface area contributed by atoms with E-state index in [0.29, 0.717) is 5.92 Å². The maximum absolute atomic E-state index is 14.4. The fraction of sp³-hybridized carbons (Fsp3) is 0.862. The zero-order chi connectivity index (χ0) is 29.1. The smallest absolute Gasteiger partial charge is 0.315 e. The van der Waals surface area contributed by atoms with Gasteiger partial charge in [0.1, 0.15) is 17.1 Å². The zero-order valence-corrected chi connectivity index (χ0v) is 28.9. The molecule has 39 heavy (non-hydrogen) atoms. The average Bonchev–Trinajstić information content (AvgIpc) is 3.25. The summed E-state index contributed by atoms with van der Waals surface area (Å²) in [6.45, 7) is 26.0. The molecule has 4 bridgehead atoms. The number of hydrogen-bond donors (Lipinski definition) is 0. The van der Waals surface area contributed by atoms with E-state index in [1.54, 1.807) is 0 Å². The Balaban J connectivity index is 1.82. The van der Waals surface area contributed by atoms with Gasteiger partial charge in [-0.05, 0) is 103 Å². The van der Waals surface area contributed by atoms with E-state index in [4.69, 9.17) is 22.8 Å². The van der Waals surface area contributed by atoms with Gasteiger partial charge in [0, 0.05) is 11.8 Å². The van der Waals surface area contributed by atoms with Gasteiger partial charge in [0.15, 0.2) is 25.0 Å². The first kappa shape index (κ1) is 29.7. The Morgan fingerprint density at radius 1 is 0.923 bits per heavy atom. The lowest BCUT2D eigenvalue weighted by Gasteiger charge is -2.56. The number of fused-ring (bicyclic) bond motifs is 1. The summed E-state index contributed by atoms with van der Waals surface area (Å²) in [6, 6.07) is 0. The highest BCUT2D eigenvalue weighted by Crippen LogP contribution is 2.78. The van der Waals surface area contributed by atoms with Crippen molar-refractivity contribution in [3.05, 3.63) is 12.2 Å². The van der Waals surface area contributed by atoms with Gasteiger partial charge in [-0.2, -0.15) is 0 Å². The molecule has 10 heteroatoms. The van der Waals surface area contributed by atoms with Crippen molar-refractivity contribution >= 4 is 36.9 Å². The summed E-state index contributed by atoms with van der Waals surface area (Å²) in [4.78, 5) is 28.3. The van der Waals surface area contributed by atoms with Gasteiger partial charge in [0.25, 0.3) is 0 Å². The van der Waals surface area contributed by atoms with Gasteiger partial charge in [-0.25, -0.2) is 0 Å². The van der Waals surface area contributed by atoms with Gasteiger partial charge in [-0.3, -0.25) is 9.59 Å². The summed E-state index contributed by atoms with van der Waals surface area (Å²) in [7, 11) is -5.03. The number of esters is 2. The Bertz CT molecular complexity index is 1070. The van der Waals surface area contributed by atoms with Crippen LogP contribution in [0.1, 0.15) is 32.6 Å². The van der Waals surface area contributed by atoms with Crippen molar-refractivity contribution in [2.45, 2.75) is 115 Å². The number of allylic oxidation sites excluding steroid dienone is 1. The number of hydrogen-bond acceptors (Lipinski definition) is 7. The molecule has 4 saturated carbocycles. The SMILES string of the molecule is C=C1C[C@]23C[C@H]1CCC2[C@@]12OC(=O)C(C)(C1[C@@H]3C(=O)OC)[C@@H](O[Si](C)(C)C)[C@H](O[Si](C)(C)C)[C@@H]2O[Si](C)(C)C. The third-order valence-corrected chi connectivity index (χ3v) is 13.0. The second-order valence-electron chi connectivity index (χ2n) is 16.1. The van der Waals surface area contributed by atoms with Crippen molar-refractivity contribution in [2.24, 2.45) is 34.5 Å². The van der Waals surface area contributed by atoms with E-state index in [1.807, 2.05) is 6.92 Å². The van der Waals surface area contributed by atoms with Crippen LogP contribution in [0.5, 0.6) is 0 Å². The standard InChI is InChI=1S/C29H50O7Si3/c1-17-15-28-16-18(17)13-14-19(28)29-22(20(28)25(30)32-3)27(2,26(31)33-29)23(35-38(7,8)9)21(34-37(4,5)6)24(29)36-39(10,11)12/h18-24H,1,13-16H2,2-12H3/t18-,19?,20-,21+,22?,23+,24+,27?,28+,29-/m1/s1.